The summed E-state index contributed by atoms with van der Waals surface area (Å²) in [6.07, 6.45) is 15.9. The molecule has 4 rings (SSSR count). The molecule has 210 valence electrons. The van der Waals surface area contributed by atoms with Crippen molar-refractivity contribution in [3.63, 3.8) is 0 Å². The van der Waals surface area contributed by atoms with Crippen LogP contribution in [-0.4, -0.2) is 0 Å². The molecule has 1 fully saturated rings. The van der Waals surface area contributed by atoms with Crippen LogP contribution in [-0.2, 0) is 12.5 Å². The van der Waals surface area contributed by atoms with Gasteiger partial charge in [-0.05, 0) is 73.1 Å². The first-order chi connectivity index (χ1) is 18.4. The zero-order valence-electron chi connectivity index (χ0n) is 23.6. The van der Waals surface area contributed by atoms with Gasteiger partial charge in [-0.1, -0.05) is 109 Å². The maximum absolute atomic E-state index is 15.3. The second-order valence-electron chi connectivity index (χ2n) is 11.8. The monoisotopic (exact) mass is 528 g/mol. The highest BCUT2D eigenvalue weighted by atomic mass is 19.3. The Morgan fingerprint density at radius 1 is 0.763 bits per heavy atom. The van der Waals surface area contributed by atoms with Crippen LogP contribution in [0.5, 0.6) is 5.75 Å². The van der Waals surface area contributed by atoms with E-state index in [1.807, 2.05) is 6.07 Å². The van der Waals surface area contributed by atoms with Crippen LogP contribution >= 0.6 is 0 Å². The van der Waals surface area contributed by atoms with Crippen molar-refractivity contribution in [2.24, 2.45) is 5.92 Å². The molecule has 1 saturated carbocycles. The summed E-state index contributed by atoms with van der Waals surface area (Å²) >= 11 is 0. The predicted octanol–water partition coefficient (Wildman–Crippen LogP) is 11.5. The quantitative estimate of drug-likeness (QED) is 0.222. The normalized spacial score (nSPS) is 20.0. The van der Waals surface area contributed by atoms with Gasteiger partial charge in [0.2, 0.25) is 0 Å². The van der Waals surface area contributed by atoms with Gasteiger partial charge in [0.15, 0.2) is 11.6 Å². The molecule has 4 heteroatoms. The highest BCUT2D eigenvalue weighted by molar-refractivity contribution is 5.77. The van der Waals surface area contributed by atoms with E-state index in [0.29, 0.717) is 29.0 Å². The summed E-state index contributed by atoms with van der Waals surface area (Å²) in [6.45, 7) is 4.44. The molecule has 2 aliphatic rings. The highest BCUT2D eigenvalue weighted by Gasteiger charge is 2.44. The van der Waals surface area contributed by atoms with Gasteiger partial charge in [-0.15, -0.1) is 0 Å². The number of rotatable bonds is 14. The van der Waals surface area contributed by atoms with Gasteiger partial charge in [0.25, 0.3) is 0 Å². The van der Waals surface area contributed by atoms with Crippen molar-refractivity contribution in [2.75, 3.05) is 0 Å². The second-order valence-corrected chi connectivity index (χ2v) is 11.8. The number of unbranched alkanes of at least 4 members (excludes halogenated alkanes) is 9. The third kappa shape index (κ3) is 7.16. The van der Waals surface area contributed by atoms with E-state index >= 15 is 13.2 Å². The lowest BCUT2D eigenvalue weighted by Gasteiger charge is -2.32. The topological polar surface area (TPSA) is 9.23 Å². The molecule has 38 heavy (non-hydrogen) atoms. The molecule has 1 aliphatic carbocycles. The predicted molar refractivity (Wildman–Crippen MR) is 152 cm³/mol. The van der Waals surface area contributed by atoms with Crippen molar-refractivity contribution < 1.29 is 17.9 Å². The molecule has 0 N–H and O–H groups in total. The molecule has 1 heterocycles. The second kappa shape index (κ2) is 13.9. The maximum atomic E-state index is 15.3. The molecular weight excluding hydrogens is 481 g/mol. The number of halogens is 3. The first-order valence-corrected chi connectivity index (χ1v) is 15.5. The number of hydrogen-bond acceptors (Lipinski definition) is 1. The molecule has 0 radical (unpaired) electrons. The molecule has 0 bridgehead atoms. The average molecular weight is 529 g/mol. The van der Waals surface area contributed by atoms with E-state index in [-0.39, 0.29) is 11.3 Å². The van der Waals surface area contributed by atoms with Gasteiger partial charge in [0, 0.05) is 5.56 Å². The van der Waals surface area contributed by atoms with Crippen LogP contribution in [0.3, 0.4) is 0 Å². The standard InChI is InChI=1S/C34H47F3O/c1-3-5-7-9-10-11-13-15-27-20-23-30-29-22-21-28(24-31(29)34(36,37)38-33(30)32(27)35)26-18-16-25(17-19-26)14-12-8-6-4-2/h20-26H,3-19H2,1-2H3. The minimum Gasteiger partial charge on any atom is -0.425 e. The molecule has 2 aromatic rings. The first-order valence-electron chi connectivity index (χ1n) is 15.5. The lowest BCUT2D eigenvalue weighted by molar-refractivity contribution is -0.188. The Labute approximate surface area is 228 Å². The fraction of sp³-hybridized carbons (Fsp3) is 0.647. The van der Waals surface area contributed by atoms with E-state index in [1.54, 1.807) is 24.3 Å². The minimum atomic E-state index is -3.53. The molecule has 1 aliphatic heterocycles. The summed E-state index contributed by atoms with van der Waals surface area (Å²) in [5.74, 6) is 0.167. The zero-order chi connectivity index (χ0) is 27.0. The summed E-state index contributed by atoms with van der Waals surface area (Å²) in [5.41, 5.74) is 2.15. The van der Waals surface area contributed by atoms with Crippen molar-refractivity contribution in [1.29, 1.82) is 0 Å². The van der Waals surface area contributed by atoms with Crippen molar-refractivity contribution in [1.82, 2.24) is 0 Å². The summed E-state index contributed by atoms with van der Waals surface area (Å²) in [7, 11) is 0. The van der Waals surface area contributed by atoms with E-state index < -0.39 is 11.9 Å². The molecule has 2 aromatic carbocycles. The van der Waals surface area contributed by atoms with Crippen LogP contribution in [0.1, 0.15) is 139 Å². The summed E-state index contributed by atoms with van der Waals surface area (Å²) in [4.78, 5) is 0. The summed E-state index contributed by atoms with van der Waals surface area (Å²) in [5, 5.41) is 0. The van der Waals surface area contributed by atoms with Crippen LogP contribution in [0.15, 0.2) is 30.3 Å². The smallest absolute Gasteiger partial charge is 0.425 e. The van der Waals surface area contributed by atoms with Crippen molar-refractivity contribution in [3.05, 3.63) is 52.8 Å². The van der Waals surface area contributed by atoms with Gasteiger partial charge in [0.05, 0.1) is 5.56 Å². The van der Waals surface area contributed by atoms with Crippen molar-refractivity contribution >= 4 is 0 Å². The number of alkyl halides is 2. The minimum absolute atomic E-state index is 0.122. The molecule has 0 aromatic heterocycles. The van der Waals surface area contributed by atoms with Crippen LogP contribution < -0.4 is 4.74 Å². The number of fused-ring (bicyclic) bond motifs is 3. The third-order valence-corrected chi connectivity index (χ3v) is 8.89. The Kier molecular flexibility index (Phi) is 10.6. The Balaban J connectivity index is 1.41. The highest BCUT2D eigenvalue weighted by Crippen LogP contribution is 2.50. The van der Waals surface area contributed by atoms with Crippen LogP contribution in [0.4, 0.5) is 13.2 Å². The maximum Gasteiger partial charge on any atom is 0.427 e. The van der Waals surface area contributed by atoms with E-state index in [9.17, 15) is 0 Å². The molecule has 0 unspecified atom stereocenters. The molecule has 0 atom stereocenters. The number of hydrogen-bond donors (Lipinski definition) is 0. The third-order valence-electron chi connectivity index (χ3n) is 8.89. The molecule has 0 amide bonds. The van der Waals surface area contributed by atoms with Gasteiger partial charge >= 0.3 is 6.11 Å². The molecule has 0 spiro atoms. The van der Waals surface area contributed by atoms with Gasteiger partial charge in [0.1, 0.15) is 0 Å². The summed E-state index contributed by atoms with van der Waals surface area (Å²) in [6, 6.07) is 8.92. The Morgan fingerprint density at radius 3 is 2.11 bits per heavy atom. The van der Waals surface area contributed by atoms with Crippen LogP contribution in [0, 0.1) is 11.7 Å². The van der Waals surface area contributed by atoms with Crippen LogP contribution in [0.25, 0.3) is 11.1 Å². The summed E-state index contributed by atoms with van der Waals surface area (Å²) < 4.78 is 51.0. The number of aryl methyl sites for hydroxylation is 1. The van der Waals surface area contributed by atoms with Crippen molar-refractivity contribution in [3.8, 4) is 16.9 Å². The molecule has 1 nitrogen and oxygen atoms in total. The number of benzene rings is 2. The Hall–Kier alpha value is -1.97. The Bertz CT molecular complexity index is 1020. The van der Waals surface area contributed by atoms with Gasteiger partial charge in [-0.2, -0.15) is 8.78 Å². The fourth-order valence-electron chi connectivity index (χ4n) is 6.49. The average Bonchev–Trinajstić information content (AvgIpc) is 2.92. The lowest BCUT2D eigenvalue weighted by atomic mass is 9.76. The Morgan fingerprint density at radius 2 is 1.39 bits per heavy atom. The van der Waals surface area contributed by atoms with Crippen molar-refractivity contribution in [2.45, 2.75) is 135 Å². The SMILES string of the molecule is CCCCCCCCCc1ccc2c(c1F)OC(F)(F)c1cc(C3CCC(CCCCCC)CC3)ccc1-2. The largest absolute Gasteiger partial charge is 0.427 e. The van der Waals surface area contributed by atoms with Gasteiger partial charge < -0.3 is 4.74 Å². The van der Waals surface area contributed by atoms with E-state index in [0.717, 1.165) is 43.6 Å². The van der Waals surface area contributed by atoms with Gasteiger partial charge in [-0.3, -0.25) is 0 Å². The van der Waals surface area contributed by atoms with E-state index in [1.165, 1.54) is 70.6 Å². The van der Waals surface area contributed by atoms with E-state index in [4.69, 9.17) is 4.74 Å². The first kappa shape index (κ1) is 29.0. The van der Waals surface area contributed by atoms with Gasteiger partial charge in [-0.25, -0.2) is 4.39 Å². The lowest BCUT2D eigenvalue weighted by Crippen LogP contribution is -2.28. The zero-order valence-corrected chi connectivity index (χ0v) is 23.6. The van der Waals surface area contributed by atoms with Crippen LogP contribution in [0.2, 0.25) is 0 Å². The number of ether oxygens (including phenoxy) is 1. The van der Waals surface area contributed by atoms with E-state index in [2.05, 4.69) is 13.8 Å². The fourth-order valence-corrected chi connectivity index (χ4v) is 6.49. The molecular formula is C34H47F3O. The molecule has 0 saturated heterocycles.